The molecule has 0 spiro atoms. The highest BCUT2D eigenvalue weighted by atomic mass is 32.2. The first kappa shape index (κ1) is 14.0. The number of hydrogen-bond acceptors (Lipinski definition) is 7. The van der Waals surface area contributed by atoms with E-state index in [9.17, 15) is 15.2 Å². The summed E-state index contributed by atoms with van der Waals surface area (Å²) in [5.41, 5.74) is 0.656. The van der Waals surface area contributed by atoms with Crippen LogP contribution in [0.3, 0.4) is 0 Å². The highest BCUT2D eigenvalue weighted by Crippen LogP contribution is 2.42. The van der Waals surface area contributed by atoms with E-state index in [1.165, 1.54) is 29.2 Å². The number of aromatic nitrogens is 3. The van der Waals surface area contributed by atoms with Gasteiger partial charge in [0.2, 0.25) is 5.16 Å². The molecule has 9 heteroatoms. The first-order valence-electron chi connectivity index (χ1n) is 6.00. The van der Waals surface area contributed by atoms with Crippen LogP contribution in [0.2, 0.25) is 0 Å². The Kier molecular flexibility index (Phi) is 3.62. The van der Waals surface area contributed by atoms with Crippen molar-refractivity contribution in [3.05, 3.63) is 45.5 Å². The van der Waals surface area contributed by atoms with Crippen LogP contribution in [0.25, 0.3) is 5.65 Å². The number of thiophene rings is 1. The van der Waals surface area contributed by atoms with Gasteiger partial charge in [-0.1, -0.05) is 6.07 Å². The molecule has 0 saturated carbocycles. The van der Waals surface area contributed by atoms with E-state index in [1.54, 1.807) is 23.6 Å². The van der Waals surface area contributed by atoms with Gasteiger partial charge in [-0.25, -0.2) is 0 Å². The van der Waals surface area contributed by atoms with Gasteiger partial charge in [-0.3, -0.25) is 14.5 Å². The molecule has 1 atom stereocenters. The highest BCUT2D eigenvalue weighted by molar-refractivity contribution is 8.01. The van der Waals surface area contributed by atoms with Crippen LogP contribution in [0.1, 0.15) is 17.9 Å². The molecule has 3 aromatic rings. The molecular formula is C12H10N4O3S2. The van der Waals surface area contributed by atoms with Crippen molar-refractivity contribution < 1.29 is 10.0 Å². The smallest absolute Gasteiger partial charge is 0.294 e. The molecule has 0 saturated heterocycles. The summed E-state index contributed by atoms with van der Waals surface area (Å²) in [5.74, 6) is 0. The van der Waals surface area contributed by atoms with Crippen molar-refractivity contribution in [2.75, 3.05) is 0 Å². The van der Waals surface area contributed by atoms with Gasteiger partial charge in [0.25, 0.3) is 5.69 Å². The second-order valence-electron chi connectivity index (χ2n) is 4.27. The molecule has 0 aromatic carbocycles. The second kappa shape index (κ2) is 5.43. The number of hydrogen-bond donors (Lipinski definition) is 1. The van der Waals surface area contributed by atoms with Crippen LogP contribution in [-0.4, -0.2) is 24.6 Å². The van der Waals surface area contributed by atoms with Crippen LogP contribution < -0.4 is 0 Å². The molecule has 0 fully saturated rings. The summed E-state index contributed by atoms with van der Waals surface area (Å²) in [6, 6.07) is 6.89. The Hall–Kier alpha value is -1.97. The fourth-order valence-electron chi connectivity index (χ4n) is 1.76. The minimum atomic E-state index is -0.738. The lowest BCUT2D eigenvalue weighted by molar-refractivity contribution is -0.387. The zero-order valence-corrected chi connectivity index (χ0v) is 12.5. The fourth-order valence-corrected chi connectivity index (χ4v) is 3.97. The molecule has 0 aliphatic carbocycles. The van der Waals surface area contributed by atoms with Crippen LogP contribution >= 0.6 is 23.1 Å². The maximum absolute atomic E-state index is 11.1. The monoisotopic (exact) mass is 322 g/mol. The van der Waals surface area contributed by atoms with Crippen molar-refractivity contribution in [3.8, 4) is 0 Å². The lowest BCUT2D eigenvalue weighted by Crippen LogP contribution is -1.89. The zero-order chi connectivity index (χ0) is 15.0. The van der Waals surface area contributed by atoms with E-state index in [0.717, 1.165) is 0 Å². The van der Waals surface area contributed by atoms with Crippen molar-refractivity contribution in [3.63, 3.8) is 0 Å². The van der Waals surface area contributed by atoms with Gasteiger partial charge in [-0.05, 0) is 30.8 Å². The Morgan fingerprint density at radius 2 is 2.29 bits per heavy atom. The van der Waals surface area contributed by atoms with E-state index in [4.69, 9.17) is 0 Å². The third-order valence-corrected chi connectivity index (χ3v) is 5.22. The second-order valence-corrected chi connectivity index (χ2v) is 6.59. The molecule has 0 amide bonds. The molecule has 3 rings (SSSR count). The number of nitro groups is 1. The lowest BCUT2D eigenvalue weighted by atomic mass is 10.3. The zero-order valence-electron chi connectivity index (χ0n) is 10.8. The maximum Gasteiger partial charge on any atom is 0.294 e. The van der Waals surface area contributed by atoms with E-state index in [-0.39, 0.29) is 5.69 Å². The van der Waals surface area contributed by atoms with E-state index in [0.29, 0.717) is 19.9 Å². The van der Waals surface area contributed by atoms with Gasteiger partial charge >= 0.3 is 0 Å². The van der Waals surface area contributed by atoms with Gasteiger partial charge in [0.15, 0.2) is 5.65 Å². The molecule has 0 unspecified atom stereocenters. The quantitative estimate of drug-likeness (QED) is 0.586. The summed E-state index contributed by atoms with van der Waals surface area (Å²) in [6.07, 6.45) is 1.06. The molecule has 0 radical (unpaired) electrons. The number of pyridine rings is 1. The fraction of sp³-hybridized carbons (Fsp3) is 0.167. The molecule has 3 heterocycles. The third kappa shape index (κ3) is 2.62. The lowest BCUT2D eigenvalue weighted by Gasteiger charge is -1.97. The summed E-state index contributed by atoms with van der Waals surface area (Å²) in [5, 5.41) is 29.3. The van der Waals surface area contributed by atoms with Crippen molar-refractivity contribution in [2.24, 2.45) is 0 Å². The predicted octanol–water partition coefficient (Wildman–Crippen LogP) is 2.90. The largest absolute Gasteiger partial charge is 0.388 e. The first-order chi connectivity index (χ1) is 10.1. The summed E-state index contributed by atoms with van der Waals surface area (Å²) in [6.45, 7) is 1.58. The van der Waals surface area contributed by atoms with Crippen LogP contribution in [0.4, 0.5) is 5.69 Å². The molecule has 0 aliphatic rings. The Bertz CT molecular complexity index is 812. The van der Waals surface area contributed by atoms with Gasteiger partial charge in [-0.2, -0.15) is 0 Å². The van der Waals surface area contributed by atoms with Gasteiger partial charge < -0.3 is 5.11 Å². The van der Waals surface area contributed by atoms with Crippen LogP contribution in [0, 0.1) is 10.1 Å². The summed E-state index contributed by atoms with van der Waals surface area (Å²) in [4.78, 5) is 11.2. The SMILES string of the molecule is C[C@H](O)c1cc([N+](=O)[O-])c(Sc2nnc3ccccn23)s1. The summed E-state index contributed by atoms with van der Waals surface area (Å²) in [7, 11) is 0. The molecule has 3 aromatic heterocycles. The summed E-state index contributed by atoms with van der Waals surface area (Å²) >= 11 is 2.36. The van der Waals surface area contributed by atoms with Crippen LogP contribution in [0.5, 0.6) is 0 Å². The number of aliphatic hydroxyl groups is 1. The van der Waals surface area contributed by atoms with Crippen molar-refractivity contribution in [2.45, 2.75) is 22.4 Å². The number of aliphatic hydroxyl groups excluding tert-OH is 1. The minimum absolute atomic E-state index is 0.0198. The molecule has 108 valence electrons. The van der Waals surface area contributed by atoms with E-state index >= 15 is 0 Å². The van der Waals surface area contributed by atoms with Crippen molar-refractivity contribution >= 4 is 34.4 Å². The van der Waals surface area contributed by atoms with Crippen molar-refractivity contribution in [1.82, 2.24) is 14.6 Å². The predicted molar refractivity (Wildman–Crippen MR) is 78.7 cm³/mol. The average Bonchev–Trinajstić information content (AvgIpc) is 3.04. The van der Waals surface area contributed by atoms with E-state index in [2.05, 4.69) is 10.2 Å². The number of fused-ring (bicyclic) bond motifs is 1. The summed E-state index contributed by atoms with van der Waals surface area (Å²) < 4.78 is 2.24. The Balaban J connectivity index is 2.03. The normalized spacial score (nSPS) is 12.7. The highest BCUT2D eigenvalue weighted by Gasteiger charge is 2.23. The molecule has 0 bridgehead atoms. The van der Waals surface area contributed by atoms with Crippen molar-refractivity contribution in [1.29, 1.82) is 0 Å². The van der Waals surface area contributed by atoms with Gasteiger partial charge in [0.05, 0.1) is 11.0 Å². The third-order valence-electron chi connectivity index (χ3n) is 2.77. The molecule has 7 nitrogen and oxygen atoms in total. The Morgan fingerprint density at radius 1 is 1.48 bits per heavy atom. The van der Waals surface area contributed by atoms with Gasteiger partial charge in [-0.15, -0.1) is 21.5 Å². The van der Waals surface area contributed by atoms with E-state index < -0.39 is 11.0 Å². The standard InChI is InChI=1S/C12H10N4O3S2/c1-7(17)9-6-8(16(18)19)11(20-9)21-12-14-13-10-4-2-3-5-15(10)12/h2-7,17H,1H3/t7-/m0/s1. The Morgan fingerprint density at radius 3 is 3.00 bits per heavy atom. The van der Waals surface area contributed by atoms with Gasteiger partial charge in [0.1, 0.15) is 4.21 Å². The minimum Gasteiger partial charge on any atom is -0.388 e. The number of nitrogens with zero attached hydrogens (tertiary/aromatic N) is 4. The van der Waals surface area contributed by atoms with E-state index in [1.807, 2.05) is 12.1 Å². The molecule has 1 N–H and O–H groups in total. The average molecular weight is 322 g/mol. The van der Waals surface area contributed by atoms with Gasteiger partial charge in [0, 0.05) is 17.1 Å². The molecule has 21 heavy (non-hydrogen) atoms. The number of rotatable bonds is 4. The molecular weight excluding hydrogens is 312 g/mol. The first-order valence-corrected chi connectivity index (χ1v) is 7.63. The molecule has 0 aliphatic heterocycles. The topological polar surface area (TPSA) is 93.6 Å². The van der Waals surface area contributed by atoms with Crippen LogP contribution in [-0.2, 0) is 0 Å². The maximum atomic E-state index is 11.1. The van der Waals surface area contributed by atoms with Crippen LogP contribution in [0.15, 0.2) is 39.8 Å². The Labute approximate surface area is 127 Å².